The Kier molecular flexibility index (Phi) is 8.96. The van der Waals surface area contributed by atoms with Gasteiger partial charge in [0, 0.05) is 18.6 Å². The lowest BCUT2D eigenvalue weighted by atomic mass is 9.95. The number of nitrogens with zero attached hydrogens (tertiary/aromatic N) is 1. The Bertz CT molecular complexity index is 1510. The first-order chi connectivity index (χ1) is 19.7. The highest BCUT2D eigenvalue weighted by atomic mass is 16.5. The van der Waals surface area contributed by atoms with Crippen molar-refractivity contribution in [3.8, 4) is 34.3 Å². The number of aromatic nitrogens is 1. The maximum absolute atomic E-state index is 13.5. The van der Waals surface area contributed by atoms with Crippen LogP contribution in [0.2, 0.25) is 0 Å². The lowest BCUT2D eigenvalue weighted by Gasteiger charge is -2.19. The Hall–Kier alpha value is -4.80. The number of amides is 2. The first-order valence-corrected chi connectivity index (χ1v) is 13.1. The number of anilines is 2. The van der Waals surface area contributed by atoms with Crippen LogP contribution in [-0.4, -0.2) is 51.3 Å². The van der Waals surface area contributed by atoms with E-state index >= 15 is 0 Å². The van der Waals surface area contributed by atoms with Crippen LogP contribution in [0, 0.1) is 0 Å². The molecule has 41 heavy (non-hydrogen) atoms. The average Bonchev–Trinajstić information content (AvgIpc) is 3.20. The molecule has 1 heterocycles. The quantitative estimate of drug-likeness (QED) is 0.356. The van der Waals surface area contributed by atoms with E-state index in [0.29, 0.717) is 52.8 Å². The van der Waals surface area contributed by atoms with Crippen LogP contribution in [0.4, 0.5) is 11.4 Å². The van der Waals surface area contributed by atoms with Crippen LogP contribution < -0.4 is 40.3 Å². The van der Waals surface area contributed by atoms with Crippen LogP contribution >= 0.6 is 0 Å². The molecule has 4 rings (SSSR count). The van der Waals surface area contributed by atoms with Gasteiger partial charge in [0.2, 0.25) is 28.9 Å². The van der Waals surface area contributed by atoms with Gasteiger partial charge in [-0.3, -0.25) is 14.4 Å². The minimum atomic E-state index is -0.760. The van der Waals surface area contributed by atoms with Gasteiger partial charge in [-0.15, -0.1) is 0 Å². The number of methoxy groups -OCH3 is 4. The fraction of sp³-hybridized carbons (Fsp3) is 0.333. The molecule has 11 nitrogen and oxygen atoms in total. The molecule has 2 aromatic carbocycles. The van der Waals surface area contributed by atoms with Gasteiger partial charge < -0.3 is 34.9 Å². The van der Waals surface area contributed by atoms with Crippen molar-refractivity contribution in [3.05, 3.63) is 63.9 Å². The molecule has 216 valence electrons. The molecule has 1 aliphatic rings. The van der Waals surface area contributed by atoms with Crippen LogP contribution in [-0.2, 0) is 16.0 Å². The third kappa shape index (κ3) is 6.19. The van der Waals surface area contributed by atoms with Crippen molar-refractivity contribution in [2.45, 2.75) is 38.8 Å². The summed E-state index contributed by atoms with van der Waals surface area (Å²) >= 11 is 0. The van der Waals surface area contributed by atoms with Gasteiger partial charge >= 0.3 is 0 Å². The summed E-state index contributed by atoms with van der Waals surface area (Å²) in [5.74, 6) is 1.24. The predicted octanol–water partition coefficient (Wildman–Crippen LogP) is 3.71. The number of pyridine rings is 1. The number of hydrogen-bond acceptors (Lipinski definition) is 9. The molecule has 2 amide bonds. The van der Waals surface area contributed by atoms with E-state index in [1.54, 1.807) is 45.4 Å². The van der Waals surface area contributed by atoms with E-state index in [4.69, 9.17) is 18.9 Å². The largest absolute Gasteiger partial charge is 0.493 e. The van der Waals surface area contributed by atoms with Crippen molar-refractivity contribution in [1.29, 1.82) is 0 Å². The van der Waals surface area contributed by atoms with E-state index in [1.807, 2.05) is 6.07 Å². The summed E-state index contributed by atoms with van der Waals surface area (Å²) in [4.78, 5) is 42.6. The number of fused-ring (bicyclic) bond motifs is 3. The van der Waals surface area contributed by atoms with Gasteiger partial charge in [-0.25, -0.2) is 4.98 Å². The fourth-order valence-electron chi connectivity index (χ4n) is 4.95. The lowest BCUT2D eigenvalue weighted by molar-refractivity contribution is -0.119. The number of hydrogen-bond donors (Lipinski definition) is 3. The summed E-state index contributed by atoms with van der Waals surface area (Å²) in [5.41, 5.74) is 3.36. The fourth-order valence-corrected chi connectivity index (χ4v) is 4.95. The molecule has 1 aromatic heterocycles. The minimum Gasteiger partial charge on any atom is -0.493 e. The van der Waals surface area contributed by atoms with E-state index in [0.717, 1.165) is 11.1 Å². The van der Waals surface area contributed by atoms with Crippen LogP contribution in [0.5, 0.6) is 23.1 Å². The molecule has 1 aliphatic carbocycles. The Morgan fingerprint density at radius 1 is 0.976 bits per heavy atom. The standard InChI is InChI=1S/C30H34N4O7/c1-16(30(37)34-19-8-12-26(39-4)31-15-19)32-23-11-9-20-21(14-24(23)36)22(33-17(2)35)10-7-18-13-25(38-3)28(40-5)29(41-6)27(18)20/h8-9,11-16,22H,7,10H2,1-6H3,(H,32,36)(H,33,35)(H,34,37)/t16-,22-/m0/s1. The second-order valence-electron chi connectivity index (χ2n) is 9.54. The normalized spacial score (nSPS) is 14.3. The highest BCUT2D eigenvalue weighted by Crippen LogP contribution is 2.50. The Balaban J connectivity index is 1.77. The second kappa shape index (κ2) is 12.6. The summed E-state index contributed by atoms with van der Waals surface area (Å²) in [7, 11) is 6.13. The summed E-state index contributed by atoms with van der Waals surface area (Å²) in [6.07, 6.45) is 2.61. The summed E-state index contributed by atoms with van der Waals surface area (Å²) in [5, 5.41) is 8.78. The van der Waals surface area contributed by atoms with Gasteiger partial charge in [-0.2, -0.15) is 0 Å². The van der Waals surface area contributed by atoms with Gasteiger partial charge in [0.25, 0.3) is 0 Å². The molecule has 2 atom stereocenters. The van der Waals surface area contributed by atoms with E-state index < -0.39 is 12.1 Å². The van der Waals surface area contributed by atoms with Gasteiger partial charge in [0.15, 0.2) is 11.5 Å². The van der Waals surface area contributed by atoms with E-state index in [9.17, 15) is 14.4 Å². The maximum Gasteiger partial charge on any atom is 0.246 e. The molecule has 0 unspecified atom stereocenters. The van der Waals surface area contributed by atoms with Crippen molar-refractivity contribution in [2.75, 3.05) is 39.1 Å². The molecule has 0 saturated carbocycles. The van der Waals surface area contributed by atoms with Crippen LogP contribution in [0.15, 0.2) is 47.4 Å². The number of carbonyl (C=O) groups excluding carboxylic acids is 2. The molecule has 0 saturated heterocycles. The Morgan fingerprint density at radius 3 is 2.34 bits per heavy atom. The topological polar surface area (TPSA) is 137 Å². The smallest absolute Gasteiger partial charge is 0.246 e. The van der Waals surface area contributed by atoms with Crippen molar-refractivity contribution >= 4 is 23.2 Å². The third-order valence-electron chi connectivity index (χ3n) is 6.89. The third-order valence-corrected chi connectivity index (χ3v) is 6.89. The molecule has 0 spiro atoms. The molecular weight excluding hydrogens is 528 g/mol. The molecule has 11 heteroatoms. The highest BCUT2D eigenvalue weighted by molar-refractivity contribution is 5.96. The molecule has 0 bridgehead atoms. The lowest BCUT2D eigenvalue weighted by Crippen LogP contribution is -2.33. The number of aryl methyl sites for hydroxylation is 1. The predicted molar refractivity (Wildman–Crippen MR) is 155 cm³/mol. The van der Waals surface area contributed by atoms with Gasteiger partial charge in [-0.1, -0.05) is 6.07 Å². The molecule has 0 radical (unpaired) electrons. The van der Waals surface area contributed by atoms with Gasteiger partial charge in [0.1, 0.15) is 6.04 Å². The van der Waals surface area contributed by atoms with Crippen molar-refractivity contribution < 1.29 is 28.5 Å². The van der Waals surface area contributed by atoms with Crippen molar-refractivity contribution in [3.63, 3.8) is 0 Å². The minimum absolute atomic E-state index is 0.218. The molecular formula is C30H34N4O7. The number of rotatable bonds is 9. The zero-order chi connectivity index (χ0) is 29.7. The van der Waals surface area contributed by atoms with Crippen molar-refractivity contribution in [2.24, 2.45) is 0 Å². The average molecular weight is 563 g/mol. The molecule has 3 N–H and O–H groups in total. The number of benzene rings is 1. The number of carbonyl (C=O) groups is 2. The second-order valence-corrected chi connectivity index (χ2v) is 9.54. The first-order valence-electron chi connectivity index (χ1n) is 13.1. The van der Waals surface area contributed by atoms with Crippen LogP contribution in [0.25, 0.3) is 11.1 Å². The number of nitrogens with one attached hydrogen (secondary N) is 3. The zero-order valence-corrected chi connectivity index (χ0v) is 23.9. The Morgan fingerprint density at radius 2 is 1.73 bits per heavy atom. The molecule has 0 aliphatic heterocycles. The van der Waals surface area contributed by atoms with Gasteiger partial charge in [0.05, 0.1) is 52.1 Å². The summed E-state index contributed by atoms with van der Waals surface area (Å²) in [6, 6.07) is 8.93. The summed E-state index contributed by atoms with van der Waals surface area (Å²) < 4.78 is 22.1. The van der Waals surface area contributed by atoms with E-state index in [1.165, 1.54) is 33.4 Å². The highest BCUT2D eigenvalue weighted by Gasteiger charge is 2.29. The zero-order valence-electron chi connectivity index (χ0n) is 23.9. The van der Waals surface area contributed by atoms with E-state index in [2.05, 4.69) is 20.9 Å². The SMILES string of the molecule is COc1ccc(NC(=O)[C@H](C)Nc2ccc3c(cc2=O)[C@@H](NC(C)=O)CCc2cc(OC)c(OC)c(OC)c2-3)cn1. The Labute approximate surface area is 238 Å². The van der Waals surface area contributed by atoms with Crippen LogP contribution in [0.3, 0.4) is 0 Å². The number of ether oxygens (including phenoxy) is 4. The van der Waals surface area contributed by atoms with E-state index in [-0.39, 0.29) is 22.9 Å². The monoisotopic (exact) mass is 562 g/mol. The molecule has 3 aromatic rings. The van der Waals surface area contributed by atoms with Crippen LogP contribution in [0.1, 0.15) is 37.4 Å². The van der Waals surface area contributed by atoms with Gasteiger partial charge in [-0.05, 0) is 60.7 Å². The maximum atomic E-state index is 13.5. The van der Waals surface area contributed by atoms with Crippen molar-refractivity contribution in [1.82, 2.24) is 10.3 Å². The summed E-state index contributed by atoms with van der Waals surface area (Å²) in [6.45, 7) is 3.09. The molecule has 0 fully saturated rings. The first kappa shape index (κ1) is 29.2.